The van der Waals surface area contributed by atoms with Gasteiger partial charge in [0.25, 0.3) is 0 Å². The van der Waals surface area contributed by atoms with Crippen molar-refractivity contribution in [3.8, 4) is 5.75 Å². The Morgan fingerprint density at radius 2 is 2.00 bits per heavy atom. The molecule has 0 radical (unpaired) electrons. The first kappa shape index (κ1) is 22.8. The number of unbranched alkanes of at least 4 members (excludes halogenated alkanes) is 2. The van der Waals surface area contributed by atoms with Crippen LogP contribution in [0.15, 0.2) is 54.1 Å². The second kappa shape index (κ2) is 12.1. The van der Waals surface area contributed by atoms with Gasteiger partial charge in [-0.2, -0.15) is 0 Å². The van der Waals surface area contributed by atoms with E-state index in [9.17, 15) is 9.59 Å². The number of benzene rings is 2. The van der Waals surface area contributed by atoms with E-state index in [-0.39, 0.29) is 25.0 Å². The van der Waals surface area contributed by atoms with Crippen molar-refractivity contribution in [2.45, 2.75) is 44.6 Å². The standard InChI is InChI=1S/C24H30N2O5/c27-23(26-29)14-3-1-2-9-19(24(28)25-16-20-11-7-15-30-20)17-31-22-13-6-10-18-8-4-5-12-21(18)22/h4-6,8-10,12-13,20,29H,1-3,7,11,14-17H2,(H,25,28)(H,26,27)/b19-9+. The van der Waals surface area contributed by atoms with Crippen LogP contribution in [-0.2, 0) is 14.3 Å². The molecule has 166 valence electrons. The molecule has 0 aliphatic carbocycles. The monoisotopic (exact) mass is 426 g/mol. The third-order valence-corrected chi connectivity index (χ3v) is 5.31. The number of allylic oxidation sites excluding steroid dienone is 1. The molecule has 0 saturated carbocycles. The molecule has 1 fully saturated rings. The first-order valence-electron chi connectivity index (χ1n) is 10.8. The van der Waals surface area contributed by atoms with Crippen molar-refractivity contribution in [1.29, 1.82) is 0 Å². The van der Waals surface area contributed by atoms with E-state index in [4.69, 9.17) is 14.7 Å². The number of hydrogen-bond donors (Lipinski definition) is 3. The lowest BCUT2D eigenvalue weighted by Gasteiger charge is -2.14. The van der Waals surface area contributed by atoms with E-state index in [2.05, 4.69) is 5.32 Å². The van der Waals surface area contributed by atoms with Gasteiger partial charge in [0.15, 0.2) is 0 Å². The summed E-state index contributed by atoms with van der Waals surface area (Å²) in [5.41, 5.74) is 2.18. The SMILES string of the molecule is O=C(CCCC/C=C(\COc1cccc2ccccc12)C(=O)NCC1CCCO1)NO. The second-order valence-corrected chi connectivity index (χ2v) is 7.62. The quantitative estimate of drug-likeness (QED) is 0.221. The van der Waals surface area contributed by atoms with E-state index in [0.717, 1.165) is 42.4 Å². The average Bonchev–Trinajstić information content (AvgIpc) is 3.32. The summed E-state index contributed by atoms with van der Waals surface area (Å²) in [5, 5.41) is 13.6. The Morgan fingerprint density at radius 1 is 1.16 bits per heavy atom. The molecule has 3 N–H and O–H groups in total. The summed E-state index contributed by atoms with van der Waals surface area (Å²) in [6.45, 7) is 1.39. The molecule has 7 heteroatoms. The largest absolute Gasteiger partial charge is 0.488 e. The number of hydrogen-bond acceptors (Lipinski definition) is 5. The Morgan fingerprint density at radius 3 is 2.81 bits per heavy atom. The number of carbonyl (C=O) groups excluding carboxylic acids is 2. The predicted octanol–water partition coefficient (Wildman–Crippen LogP) is 3.51. The molecule has 3 rings (SSSR count). The zero-order valence-electron chi connectivity index (χ0n) is 17.6. The van der Waals surface area contributed by atoms with Crippen LogP contribution in [0.2, 0.25) is 0 Å². The van der Waals surface area contributed by atoms with E-state index in [1.54, 1.807) is 5.48 Å². The average molecular weight is 427 g/mol. The molecule has 0 bridgehead atoms. The van der Waals surface area contributed by atoms with Crippen molar-refractivity contribution >= 4 is 22.6 Å². The zero-order chi connectivity index (χ0) is 21.9. The van der Waals surface area contributed by atoms with Crippen molar-refractivity contribution in [2.24, 2.45) is 0 Å². The Bertz CT molecular complexity index is 900. The second-order valence-electron chi connectivity index (χ2n) is 7.62. The highest BCUT2D eigenvalue weighted by Gasteiger charge is 2.18. The minimum absolute atomic E-state index is 0.0705. The third kappa shape index (κ3) is 7.08. The van der Waals surface area contributed by atoms with Crippen LogP contribution in [0.1, 0.15) is 38.5 Å². The van der Waals surface area contributed by atoms with Gasteiger partial charge in [0, 0.05) is 25.0 Å². The highest BCUT2D eigenvalue weighted by molar-refractivity contribution is 5.94. The van der Waals surface area contributed by atoms with Crippen LogP contribution in [-0.4, -0.2) is 42.9 Å². The van der Waals surface area contributed by atoms with Crippen LogP contribution >= 0.6 is 0 Å². The third-order valence-electron chi connectivity index (χ3n) is 5.31. The number of amides is 2. The summed E-state index contributed by atoms with van der Waals surface area (Å²) in [7, 11) is 0. The molecule has 2 aromatic carbocycles. The summed E-state index contributed by atoms with van der Waals surface area (Å²) in [6.07, 6.45) is 6.15. The fraction of sp³-hybridized carbons (Fsp3) is 0.417. The van der Waals surface area contributed by atoms with Crippen LogP contribution in [0, 0.1) is 0 Å². The van der Waals surface area contributed by atoms with Gasteiger partial charge in [-0.1, -0.05) is 42.5 Å². The maximum atomic E-state index is 12.8. The molecule has 1 aliphatic heterocycles. The van der Waals surface area contributed by atoms with Crippen molar-refractivity contribution in [1.82, 2.24) is 10.8 Å². The molecule has 0 aromatic heterocycles. The molecule has 1 unspecified atom stereocenters. The Hall–Kier alpha value is -2.90. The molecule has 1 saturated heterocycles. The molecule has 1 aliphatic rings. The molecule has 1 atom stereocenters. The van der Waals surface area contributed by atoms with Gasteiger partial charge in [-0.05, 0) is 43.6 Å². The van der Waals surface area contributed by atoms with Gasteiger partial charge >= 0.3 is 0 Å². The van der Waals surface area contributed by atoms with E-state index >= 15 is 0 Å². The summed E-state index contributed by atoms with van der Waals surface area (Å²) in [5.74, 6) is 0.164. The Kier molecular flexibility index (Phi) is 8.87. The molecule has 1 heterocycles. The Balaban J connectivity index is 1.61. The summed E-state index contributed by atoms with van der Waals surface area (Å²) >= 11 is 0. The zero-order valence-corrected chi connectivity index (χ0v) is 17.6. The number of hydroxylamine groups is 1. The molecule has 2 aromatic rings. The maximum Gasteiger partial charge on any atom is 0.250 e. The molecule has 0 spiro atoms. The predicted molar refractivity (Wildman–Crippen MR) is 118 cm³/mol. The van der Waals surface area contributed by atoms with Gasteiger partial charge in [0.1, 0.15) is 12.4 Å². The van der Waals surface area contributed by atoms with E-state index in [0.29, 0.717) is 25.0 Å². The van der Waals surface area contributed by atoms with Crippen LogP contribution in [0.25, 0.3) is 10.8 Å². The van der Waals surface area contributed by atoms with Gasteiger partial charge in [-0.3, -0.25) is 14.8 Å². The molecule has 2 amide bonds. The van der Waals surface area contributed by atoms with Crippen molar-refractivity contribution in [3.63, 3.8) is 0 Å². The van der Waals surface area contributed by atoms with E-state index in [1.165, 1.54) is 0 Å². The van der Waals surface area contributed by atoms with Gasteiger partial charge in [0.05, 0.1) is 11.7 Å². The lowest BCUT2D eigenvalue weighted by atomic mass is 10.1. The van der Waals surface area contributed by atoms with Gasteiger partial charge < -0.3 is 14.8 Å². The van der Waals surface area contributed by atoms with Crippen molar-refractivity contribution in [3.05, 3.63) is 54.1 Å². The van der Waals surface area contributed by atoms with E-state index in [1.807, 2.05) is 48.5 Å². The summed E-state index contributed by atoms with van der Waals surface area (Å²) in [4.78, 5) is 23.9. The molecule has 7 nitrogen and oxygen atoms in total. The van der Waals surface area contributed by atoms with Crippen molar-refractivity contribution < 1.29 is 24.3 Å². The molecule has 31 heavy (non-hydrogen) atoms. The van der Waals surface area contributed by atoms with Gasteiger partial charge in [-0.25, -0.2) is 5.48 Å². The highest BCUT2D eigenvalue weighted by Crippen LogP contribution is 2.25. The van der Waals surface area contributed by atoms with Crippen molar-refractivity contribution in [2.75, 3.05) is 19.8 Å². The van der Waals surface area contributed by atoms with Gasteiger partial charge in [0.2, 0.25) is 11.8 Å². The number of nitrogens with one attached hydrogen (secondary N) is 2. The maximum absolute atomic E-state index is 12.8. The first-order valence-corrected chi connectivity index (χ1v) is 10.8. The fourth-order valence-corrected chi connectivity index (χ4v) is 3.58. The summed E-state index contributed by atoms with van der Waals surface area (Å²) in [6, 6.07) is 13.8. The number of fused-ring (bicyclic) bond motifs is 1. The molecular weight excluding hydrogens is 396 g/mol. The smallest absolute Gasteiger partial charge is 0.250 e. The minimum atomic E-state index is -0.405. The number of ether oxygens (including phenoxy) is 2. The normalized spacial score (nSPS) is 16.3. The molecular formula is C24H30N2O5. The number of rotatable bonds is 11. The lowest BCUT2D eigenvalue weighted by molar-refractivity contribution is -0.129. The van der Waals surface area contributed by atoms with Crippen LogP contribution < -0.4 is 15.5 Å². The topological polar surface area (TPSA) is 96.9 Å². The van der Waals surface area contributed by atoms with E-state index < -0.39 is 5.91 Å². The van der Waals surface area contributed by atoms with Gasteiger partial charge in [-0.15, -0.1) is 0 Å². The fourth-order valence-electron chi connectivity index (χ4n) is 3.58. The van der Waals surface area contributed by atoms with Crippen LogP contribution in [0.3, 0.4) is 0 Å². The Labute approximate surface area is 182 Å². The highest BCUT2D eigenvalue weighted by atomic mass is 16.5. The minimum Gasteiger partial charge on any atom is -0.488 e. The first-order chi connectivity index (χ1) is 15.2. The number of carbonyl (C=O) groups is 2. The van der Waals surface area contributed by atoms with Crippen LogP contribution in [0.5, 0.6) is 5.75 Å². The van der Waals surface area contributed by atoms with Crippen LogP contribution in [0.4, 0.5) is 0 Å². The summed E-state index contributed by atoms with van der Waals surface area (Å²) < 4.78 is 11.6. The lowest BCUT2D eigenvalue weighted by Crippen LogP contribution is -2.34.